The van der Waals surface area contributed by atoms with Gasteiger partial charge in [0, 0.05) is 60.6 Å². The summed E-state index contributed by atoms with van der Waals surface area (Å²) in [5, 5.41) is 20.8. The number of fused-ring (bicyclic) bond motifs is 2. The number of hydrogen-bond acceptors (Lipinski definition) is 5. The number of rotatable bonds is 4. The summed E-state index contributed by atoms with van der Waals surface area (Å²) in [7, 11) is 1.80. The lowest BCUT2D eigenvalue weighted by molar-refractivity contribution is 0.407. The summed E-state index contributed by atoms with van der Waals surface area (Å²) < 4.78 is 16.2. The van der Waals surface area contributed by atoms with Gasteiger partial charge in [-0.1, -0.05) is 0 Å². The van der Waals surface area contributed by atoms with Crippen LogP contribution in [0.25, 0.3) is 21.8 Å². The highest BCUT2D eigenvalue weighted by Gasteiger charge is 2.30. The predicted molar refractivity (Wildman–Crippen MR) is 126 cm³/mol. The molecule has 0 unspecified atom stereocenters. The Kier molecular flexibility index (Phi) is 4.40. The third-order valence-corrected chi connectivity index (χ3v) is 6.56. The molecule has 1 aliphatic heterocycles. The summed E-state index contributed by atoms with van der Waals surface area (Å²) in [4.78, 5) is 2.47. The first-order valence-corrected chi connectivity index (χ1v) is 11.4. The van der Waals surface area contributed by atoms with E-state index >= 15 is 0 Å². The van der Waals surface area contributed by atoms with Crippen molar-refractivity contribution in [1.82, 2.24) is 25.3 Å². The molecule has 0 amide bonds. The Labute approximate surface area is 186 Å². The quantitative estimate of drug-likeness (QED) is 0.445. The van der Waals surface area contributed by atoms with Gasteiger partial charge in [-0.3, -0.25) is 9.78 Å². The molecule has 2 aromatic heterocycles. The van der Waals surface area contributed by atoms with Gasteiger partial charge in [0.1, 0.15) is 5.52 Å². The zero-order chi connectivity index (χ0) is 22.0. The number of halogens is 1. The molecule has 2 atom stereocenters. The molecule has 1 aliphatic carbocycles. The Hall–Kier alpha value is -3.13. The number of piperazine rings is 1. The zero-order valence-electron chi connectivity index (χ0n) is 18.6. The van der Waals surface area contributed by atoms with E-state index in [1.165, 1.54) is 30.2 Å². The van der Waals surface area contributed by atoms with Crippen LogP contribution in [0.5, 0.6) is 0 Å². The van der Waals surface area contributed by atoms with E-state index in [1.54, 1.807) is 11.7 Å². The minimum absolute atomic E-state index is 0.336. The Morgan fingerprint density at radius 3 is 2.62 bits per heavy atom. The molecule has 0 radical (unpaired) electrons. The normalized spacial score (nSPS) is 21.6. The fourth-order valence-electron chi connectivity index (χ4n) is 5.12. The van der Waals surface area contributed by atoms with E-state index in [9.17, 15) is 4.39 Å². The molecule has 3 N–H and O–H groups in total. The summed E-state index contributed by atoms with van der Waals surface area (Å²) in [6.45, 7) is 6.45. The number of aromatic nitrogens is 4. The maximum absolute atomic E-state index is 14.6. The second-order valence-electron chi connectivity index (χ2n) is 9.50. The van der Waals surface area contributed by atoms with E-state index in [0.29, 0.717) is 29.2 Å². The number of aromatic amines is 1. The van der Waals surface area contributed by atoms with E-state index in [4.69, 9.17) is 0 Å². The molecule has 0 spiro atoms. The van der Waals surface area contributed by atoms with Crippen molar-refractivity contribution in [1.29, 1.82) is 0 Å². The fraction of sp³-hybridized carbons (Fsp3) is 0.417. The van der Waals surface area contributed by atoms with Crippen molar-refractivity contribution in [2.75, 3.05) is 23.3 Å². The number of nitrogens with zero attached hydrogens (tertiary/aromatic N) is 4. The molecular weight excluding hydrogens is 405 g/mol. The summed E-state index contributed by atoms with van der Waals surface area (Å²) in [6, 6.07) is 8.86. The van der Waals surface area contributed by atoms with Crippen molar-refractivity contribution < 1.29 is 4.39 Å². The maximum Gasteiger partial charge on any atom is 0.160 e. The monoisotopic (exact) mass is 433 g/mol. The number of nitrogens with one attached hydrogen (secondary N) is 3. The van der Waals surface area contributed by atoms with E-state index in [-0.39, 0.29) is 5.82 Å². The summed E-state index contributed by atoms with van der Waals surface area (Å²) in [5.74, 6) is 0.973. The molecule has 7 nitrogen and oxygen atoms in total. The van der Waals surface area contributed by atoms with Crippen LogP contribution in [0.1, 0.15) is 38.2 Å². The van der Waals surface area contributed by atoms with Gasteiger partial charge in [0.2, 0.25) is 0 Å². The van der Waals surface area contributed by atoms with Crippen LogP contribution in [0.4, 0.5) is 21.6 Å². The second kappa shape index (κ2) is 7.20. The highest BCUT2D eigenvalue weighted by molar-refractivity contribution is 5.97. The molecule has 166 valence electrons. The van der Waals surface area contributed by atoms with Crippen molar-refractivity contribution in [3.8, 4) is 0 Å². The molecule has 2 fully saturated rings. The average molecular weight is 434 g/mol. The van der Waals surface area contributed by atoms with Gasteiger partial charge >= 0.3 is 0 Å². The first-order chi connectivity index (χ1) is 15.4. The standard InChI is InChI=1S/C24H28FN7/c1-13-10-32(11-14(2)26-13)18-8-19(15-4-5-15)22-21(9-18)28-29-24(22)27-17-6-16-12-31(3)30-23(16)20(25)7-17/h6-9,12-15,26H,4-5,10-11H2,1-3H3,(H2,27,28,29)/t13-,14-/m1/s1. The molecule has 6 rings (SSSR count). The third-order valence-electron chi connectivity index (χ3n) is 6.56. The lowest BCUT2D eigenvalue weighted by atomic mass is 10.0. The Morgan fingerprint density at radius 1 is 1.09 bits per heavy atom. The summed E-state index contributed by atoms with van der Waals surface area (Å²) in [6.07, 6.45) is 4.23. The van der Waals surface area contributed by atoms with Gasteiger partial charge in [-0.25, -0.2) is 4.39 Å². The maximum atomic E-state index is 14.6. The molecule has 0 bridgehead atoms. The van der Waals surface area contributed by atoms with Crippen molar-refractivity contribution in [3.63, 3.8) is 0 Å². The number of benzene rings is 2. The minimum atomic E-state index is -0.336. The third kappa shape index (κ3) is 3.39. The molecule has 3 heterocycles. The predicted octanol–water partition coefficient (Wildman–Crippen LogP) is 4.40. The first kappa shape index (κ1) is 19.5. The van der Waals surface area contributed by atoms with E-state index < -0.39 is 0 Å². The molecule has 4 aromatic rings. The topological polar surface area (TPSA) is 73.8 Å². The molecule has 32 heavy (non-hydrogen) atoms. The highest BCUT2D eigenvalue weighted by atomic mass is 19.1. The van der Waals surface area contributed by atoms with Crippen LogP contribution in [0.15, 0.2) is 30.5 Å². The van der Waals surface area contributed by atoms with Crippen LogP contribution < -0.4 is 15.5 Å². The molecule has 1 saturated heterocycles. The summed E-state index contributed by atoms with van der Waals surface area (Å²) >= 11 is 0. The first-order valence-electron chi connectivity index (χ1n) is 11.4. The Balaban J connectivity index is 1.40. The van der Waals surface area contributed by atoms with Crippen LogP contribution in [0.3, 0.4) is 0 Å². The van der Waals surface area contributed by atoms with E-state index in [1.807, 2.05) is 12.3 Å². The van der Waals surface area contributed by atoms with E-state index in [0.717, 1.165) is 35.2 Å². The molecule has 8 heteroatoms. The highest BCUT2D eigenvalue weighted by Crippen LogP contribution is 2.46. The van der Waals surface area contributed by atoms with Crippen LogP contribution in [-0.4, -0.2) is 45.2 Å². The number of hydrogen-bond donors (Lipinski definition) is 3. The van der Waals surface area contributed by atoms with Gasteiger partial charge < -0.3 is 15.5 Å². The SMILES string of the molecule is C[C@@H]1CN(c2cc(C3CC3)c3c(Nc4cc(F)c5nn(C)cc5c4)n[nH]c3c2)C[C@@H](C)N1. The van der Waals surface area contributed by atoms with E-state index in [2.05, 4.69) is 56.8 Å². The lowest BCUT2D eigenvalue weighted by Crippen LogP contribution is -2.54. The van der Waals surface area contributed by atoms with Gasteiger partial charge in [-0.05, 0) is 62.4 Å². The minimum Gasteiger partial charge on any atom is -0.368 e. The van der Waals surface area contributed by atoms with Crippen molar-refractivity contribution >= 4 is 39.0 Å². The largest absolute Gasteiger partial charge is 0.368 e. The Bertz CT molecular complexity index is 1310. The summed E-state index contributed by atoms with van der Waals surface area (Å²) in [5.41, 5.74) is 4.65. The van der Waals surface area contributed by atoms with Gasteiger partial charge in [0.05, 0.1) is 5.52 Å². The molecular formula is C24H28FN7. The van der Waals surface area contributed by atoms with Crippen molar-refractivity contribution in [3.05, 3.63) is 41.8 Å². The smallest absolute Gasteiger partial charge is 0.160 e. The van der Waals surface area contributed by atoms with Crippen LogP contribution in [0, 0.1) is 5.82 Å². The fourth-order valence-corrected chi connectivity index (χ4v) is 5.12. The molecule has 2 aliphatic rings. The Morgan fingerprint density at radius 2 is 1.88 bits per heavy atom. The zero-order valence-corrected chi connectivity index (χ0v) is 18.6. The van der Waals surface area contributed by atoms with Crippen molar-refractivity contribution in [2.24, 2.45) is 7.05 Å². The van der Waals surface area contributed by atoms with Crippen LogP contribution >= 0.6 is 0 Å². The number of anilines is 3. The molecule has 1 saturated carbocycles. The second-order valence-corrected chi connectivity index (χ2v) is 9.50. The molecule has 2 aromatic carbocycles. The lowest BCUT2D eigenvalue weighted by Gasteiger charge is -2.38. The van der Waals surface area contributed by atoms with Crippen LogP contribution in [-0.2, 0) is 7.05 Å². The number of aryl methyl sites for hydroxylation is 1. The van der Waals surface area contributed by atoms with Crippen LogP contribution in [0.2, 0.25) is 0 Å². The average Bonchev–Trinajstić information content (AvgIpc) is 3.40. The van der Waals surface area contributed by atoms with Gasteiger partial charge in [0.15, 0.2) is 11.6 Å². The number of H-pyrrole nitrogens is 1. The van der Waals surface area contributed by atoms with Gasteiger partial charge in [0.25, 0.3) is 0 Å². The van der Waals surface area contributed by atoms with Gasteiger partial charge in [-0.15, -0.1) is 0 Å². The van der Waals surface area contributed by atoms with Gasteiger partial charge in [-0.2, -0.15) is 10.2 Å². The van der Waals surface area contributed by atoms with Crippen molar-refractivity contribution in [2.45, 2.75) is 44.7 Å².